The van der Waals surface area contributed by atoms with Gasteiger partial charge in [0.2, 0.25) is 22.2 Å². The highest BCUT2D eigenvalue weighted by Crippen LogP contribution is 2.31. The van der Waals surface area contributed by atoms with Gasteiger partial charge in [-0.3, -0.25) is 0 Å². The lowest BCUT2D eigenvalue weighted by Crippen LogP contribution is -2.15. The lowest BCUT2D eigenvalue weighted by Gasteiger charge is -2.16. The van der Waals surface area contributed by atoms with Crippen molar-refractivity contribution in [2.45, 2.75) is 38.2 Å². The number of ether oxygens (including phenoxy) is 1. The normalized spacial score (nSPS) is 11.9. The van der Waals surface area contributed by atoms with Crippen LogP contribution in [0.4, 0.5) is 0 Å². The van der Waals surface area contributed by atoms with E-state index >= 15 is 0 Å². The van der Waals surface area contributed by atoms with E-state index in [2.05, 4.69) is 14.7 Å². The Morgan fingerprint density at radius 1 is 1.38 bits per heavy atom. The fourth-order valence-electron chi connectivity index (χ4n) is 1.96. The molecular weight excluding hydrogens is 294 g/mol. The van der Waals surface area contributed by atoms with E-state index in [1.807, 2.05) is 13.8 Å². The summed E-state index contributed by atoms with van der Waals surface area (Å²) in [7, 11) is -3.76. The Bertz CT molecular complexity index is 724. The number of benzene rings is 1. The summed E-state index contributed by atoms with van der Waals surface area (Å²) < 4.78 is 33.5. The van der Waals surface area contributed by atoms with E-state index in [4.69, 9.17) is 9.88 Å². The van der Waals surface area contributed by atoms with Gasteiger partial charge in [0, 0.05) is 0 Å². The van der Waals surface area contributed by atoms with E-state index in [0.29, 0.717) is 17.1 Å². The highest BCUT2D eigenvalue weighted by molar-refractivity contribution is 7.89. The first kappa shape index (κ1) is 15.5. The molecule has 2 aromatic rings. The predicted octanol–water partition coefficient (Wildman–Crippen LogP) is 1.73. The Labute approximate surface area is 123 Å². The van der Waals surface area contributed by atoms with Gasteiger partial charge in [0.05, 0.1) is 4.90 Å². The molecule has 0 spiro atoms. The molecule has 0 aliphatic carbocycles. The van der Waals surface area contributed by atoms with Gasteiger partial charge in [-0.05, 0) is 36.1 Å². The summed E-state index contributed by atoms with van der Waals surface area (Å²) in [6.07, 6.45) is 1.22. The minimum Gasteiger partial charge on any atom is -0.485 e. The number of sulfonamides is 1. The molecule has 0 amide bonds. The van der Waals surface area contributed by atoms with Crippen molar-refractivity contribution in [1.82, 2.24) is 10.1 Å². The maximum Gasteiger partial charge on any atom is 0.238 e. The van der Waals surface area contributed by atoms with Crippen LogP contribution in [0.15, 0.2) is 27.9 Å². The number of aromatic nitrogens is 2. The predicted molar refractivity (Wildman–Crippen MR) is 75.3 cm³/mol. The third-order valence-corrected chi connectivity index (χ3v) is 4.05. The van der Waals surface area contributed by atoms with Crippen LogP contribution in [0.3, 0.4) is 0 Å². The van der Waals surface area contributed by atoms with E-state index in [1.54, 1.807) is 19.1 Å². The van der Waals surface area contributed by atoms with Gasteiger partial charge < -0.3 is 9.26 Å². The van der Waals surface area contributed by atoms with Gasteiger partial charge in [0.15, 0.2) is 6.61 Å². The quantitative estimate of drug-likeness (QED) is 0.900. The molecule has 1 heterocycles. The average Bonchev–Trinajstić information content (AvgIpc) is 2.87. The second kappa shape index (κ2) is 5.82. The summed E-state index contributed by atoms with van der Waals surface area (Å²) in [5.74, 6) is 1.07. The molecule has 114 valence electrons. The van der Waals surface area contributed by atoms with Crippen molar-refractivity contribution >= 4 is 10.0 Å². The van der Waals surface area contributed by atoms with Gasteiger partial charge in [0.25, 0.3) is 0 Å². The van der Waals surface area contributed by atoms with Crippen molar-refractivity contribution in [1.29, 1.82) is 0 Å². The van der Waals surface area contributed by atoms with Crippen molar-refractivity contribution in [2.75, 3.05) is 0 Å². The number of hydrogen-bond donors (Lipinski definition) is 1. The molecule has 1 aromatic carbocycles. The fraction of sp³-hybridized carbons (Fsp3) is 0.385. The topological polar surface area (TPSA) is 108 Å². The van der Waals surface area contributed by atoms with E-state index in [1.165, 1.54) is 6.39 Å². The highest BCUT2D eigenvalue weighted by Gasteiger charge is 2.18. The summed E-state index contributed by atoms with van der Waals surface area (Å²) >= 11 is 0. The Morgan fingerprint density at radius 2 is 2.10 bits per heavy atom. The highest BCUT2D eigenvalue weighted by atomic mass is 32.2. The lowest BCUT2D eigenvalue weighted by molar-refractivity contribution is 0.282. The number of rotatable bonds is 5. The Kier molecular flexibility index (Phi) is 4.29. The smallest absolute Gasteiger partial charge is 0.238 e. The van der Waals surface area contributed by atoms with Crippen LogP contribution in [0.5, 0.6) is 5.75 Å². The molecule has 0 aliphatic rings. The van der Waals surface area contributed by atoms with Crippen LogP contribution in [-0.2, 0) is 16.6 Å². The standard InChI is InChI=1S/C13H17N3O4S/c1-8(2)10-5-12(21(14,17)18)9(3)4-11(10)19-6-13-15-7-20-16-13/h4-5,7-8H,6H2,1-3H3,(H2,14,17,18). The molecule has 0 aliphatic heterocycles. The summed E-state index contributed by atoms with van der Waals surface area (Å²) in [6, 6.07) is 3.22. The largest absolute Gasteiger partial charge is 0.485 e. The van der Waals surface area contributed by atoms with Gasteiger partial charge in [-0.2, -0.15) is 4.98 Å². The molecule has 0 saturated carbocycles. The van der Waals surface area contributed by atoms with Crippen LogP contribution in [0.1, 0.15) is 36.7 Å². The Hall–Kier alpha value is -1.93. The third-order valence-electron chi connectivity index (χ3n) is 3.00. The first-order valence-corrected chi connectivity index (χ1v) is 7.89. The SMILES string of the molecule is Cc1cc(OCc2ncon2)c(C(C)C)cc1S(N)(=O)=O. The lowest BCUT2D eigenvalue weighted by atomic mass is 10.0. The van der Waals surface area contributed by atoms with Crippen molar-refractivity contribution in [3.63, 3.8) is 0 Å². The van der Waals surface area contributed by atoms with Crippen LogP contribution in [0, 0.1) is 6.92 Å². The van der Waals surface area contributed by atoms with E-state index < -0.39 is 10.0 Å². The minimum atomic E-state index is -3.76. The zero-order valence-electron chi connectivity index (χ0n) is 12.0. The van der Waals surface area contributed by atoms with Gasteiger partial charge in [-0.1, -0.05) is 19.0 Å². The van der Waals surface area contributed by atoms with Gasteiger partial charge >= 0.3 is 0 Å². The van der Waals surface area contributed by atoms with Crippen LogP contribution in [0.25, 0.3) is 0 Å². The van der Waals surface area contributed by atoms with Gasteiger partial charge in [0.1, 0.15) is 5.75 Å². The Morgan fingerprint density at radius 3 is 2.62 bits per heavy atom. The minimum absolute atomic E-state index is 0.0753. The molecule has 0 bridgehead atoms. The molecule has 7 nitrogen and oxygen atoms in total. The monoisotopic (exact) mass is 311 g/mol. The molecule has 2 rings (SSSR count). The maximum atomic E-state index is 11.6. The number of hydrogen-bond acceptors (Lipinski definition) is 6. The van der Waals surface area contributed by atoms with Crippen molar-refractivity contribution in [3.8, 4) is 5.75 Å². The van der Waals surface area contributed by atoms with Crippen LogP contribution >= 0.6 is 0 Å². The molecule has 0 unspecified atom stereocenters. The summed E-state index contributed by atoms with van der Waals surface area (Å²) in [4.78, 5) is 3.98. The molecule has 21 heavy (non-hydrogen) atoms. The van der Waals surface area contributed by atoms with Crippen molar-refractivity contribution in [3.05, 3.63) is 35.5 Å². The van der Waals surface area contributed by atoms with Gasteiger partial charge in [-0.15, -0.1) is 0 Å². The third kappa shape index (κ3) is 3.59. The first-order chi connectivity index (χ1) is 9.79. The van der Waals surface area contributed by atoms with Crippen LogP contribution in [0.2, 0.25) is 0 Å². The number of aryl methyl sites for hydroxylation is 1. The Balaban J connectivity index is 2.38. The second-order valence-corrected chi connectivity index (χ2v) is 6.52. The van der Waals surface area contributed by atoms with Crippen LogP contribution < -0.4 is 9.88 Å². The molecule has 0 saturated heterocycles. The van der Waals surface area contributed by atoms with Gasteiger partial charge in [-0.25, -0.2) is 13.6 Å². The van der Waals surface area contributed by atoms with Crippen LogP contribution in [-0.4, -0.2) is 18.6 Å². The summed E-state index contributed by atoms with van der Waals surface area (Å²) in [5, 5.41) is 8.88. The second-order valence-electron chi connectivity index (χ2n) is 4.99. The van der Waals surface area contributed by atoms with E-state index in [-0.39, 0.29) is 17.4 Å². The zero-order chi connectivity index (χ0) is 15.6. The summed E-state index contributed by atoms with van der Waals surface area (Å²) in [5.41, 5.74) is 1.29. The molecule has 2 N–H and O–H groups in total. The summed E-state index contributed by atoms with van der Waals surface area (Å²) in [6.45, 7) is 5.70. The molecule has 0 atom stereocenters. The van der Waals surface area contributed by atoms with Crippen molar-refractivity contribution < 1.29 is 17.7 Å². The molecule has 0 fully saturated rings. The number of primary sulfonamides is 1. The number of nitrogens with two attached hydrogens (primary N) is 1. The molecule has 8 heteroatoms. The zero-order valence-corrected chi connectivity index (χ0v) is 12.8. The molecule has 1 aromatic heterocycles. The first-order valence-electron chi connectivity index (χ1n) is 6.34. The fourth-order valence-corrected chi connectivity index (χ4v) is 2.76. The average molecular weight is 311 g/mol. The number of nitrogens with zero attached hydrogens (tertiary/aromatic N) is 2. The molecule has 0 radical (unpaired) electrons. The van der Waals surface area contributed by atoms with E-state index in [0.717, 1.165) is 5.56 Å². The van der Waals surface area contributed by atoms with Crippen molar-refractivity contribution in [2.24, 2.45) is 5.14 Å². The van der Waals surface area contributed by atoms with E-state index in [9.17, 15) is 8.42 Å². The maximum absolute atomic E-state index is 11.6. The molecular formula is C13H17N3O4S.